The van der Waals surface area contributed by atoms with Gasteiger partial charge in [0.2, 0.25) is 5.91 Å². The highest BCUT2D eigenvalue weighted by molar-refractivity contribution is 5.95. The molecule has 0 saturated carbocycles. The van der Waals surface area contributed by atoms with Gasteiger partial charge in [0.15, 0.2) is 5.76 Å². The molecule has 10 heteroatoms. The molecule has 0 bridgehead atoms. The number of furan rings is 1. The van der Waals surface area contributed by atoms with Crippen LogP contribution >= 0.6 is 0 Å². The maximum Gasteiger partial charge on any atom is 0.289 e. The van der Waals surface area contributed by atoms with E-state index >= 15 is 0 Å². The highest BCUT2D eigenvalue weighted by Crippen LogP contribution is 2.24. The summed E-state index contributed by atoms with van der Waals surface area (Å²) in [6.07, 6.45) is 3.78. The summed E-state index contributed by atoms with van der Waals surface area (Å²) in [6.45, 7) is 2.20. The molecule has 4 heterocycles. The molecule has 3 fully saturated rings. The van der Waals surface area contributed by atoms with Crippen molar-refractivity contribution in [1.29, 1.82) is 0 Å². The lowest BCUT2D eigenvalue weighted by Crippen LogP contribution is -2.67. The molecule has 3 unspecified atom stereocenters. The molecule has 9 nitrogen and oxygen atoms in total. The topological polar surface area (TPSA) is 107 Å². The van der Waals surface area contributed by atoms with Crippen molar-refractivity contribution >= 4 is 17.7 Å². The Balaban J connectivity index is 1.24. The second-order valence-electron chi connectivity index (χ2n) is 9.05. The first-order chi connectivity index (χ1) is 16.5. The van der Waals surface area contributed by atoms with Crippen molar-refractivity contribution in [3.63, 3.8) is 0 Å². The smallest absolute Gasteiger partial charge is 0.289 e. The minimum absolute atomic E-state index is 0.00639. The van der Waals surface area contributed by atoms with Crippen LogP contribution in [0.1, 0.15) is 39.3 Å². The van der Waals surface area contributed by atoms with Crippen LogP contribution in [0.2, 0.25) is 0 Å². The van der Waals surface area contributed by atoms with Gasteiger partial charge in [-0.25, -0.2) is 9.82 Å². The van der Waals surface area contributed by atoms with E-state index in [1.54, 1.807) is 34.1 Å². The maximum atomic E-state index is 14.7. The number of benzene rings is 1. The number of nitrogens with zero attached hydrogens (tertiary/aromatic N) is 2. The number of piperazine rings is 1. The maximum absolute atomic E-state index is 14.7. The van der Waals surface area contributed by atoms with Crippen LogP contribution in [0.25, 0.3) is 0 Å². The fraction of sp³-hybridized carbons (Fsp3) is 0.458. The van der Waals surface area contributed by atoms with E-state index in [-0.39, 0.29) is 47.0 Å². The molecule has 1 aromatic heterocycles. The molecule has 0 spiro atoms. The summed E-state index contributed by atoms with van der Waals surface area (Å²) in [7, 11) is 0. The Kier molecular flexibility index (Phi) is 6.34. The second kappa shape index (κ2) is 9.55. The molecular weight excluding hydrogens is 441 g/mol. The lowest BCUT2D eigenvalue weighted by molar-refractivity contribution is -0.131. The molecule has 3 saturated heterocycles. The predicted octanol–water partition coefficient (Wildman–Crippen LogP) is 0.931. The highest BCUT2D eigenvalue weighted by atomic mass is 19.1. The van der Waals surface area contributed by atoms with Crippen molar-refractivity contribution < 1.29 is 23.2 Å². The third-order valence-corrected chi connectivity index (χ3v) is 6.96. The molecule has 3 N–H and O–H groups in total. The first kappa shape index (κ1) is 22.5. The number of halogens is 1. The third kappa shape index (κ3) is 4.43. The summed E-state index contributed by atoms with van der Waals surface area (Å²) in [5.74, 6) is -1.01. The van der Waals surface area contributed by atoms with Gasteiger partial charge in [-0.1, -0.05) is 6.07 Å². The molecular formula is C24H28FN5O4. The first-order valence-corrected chi connectivity index (χ1v) is 11.7. The number of piperidine rings is 1. The lowest BCUT2D eigenvalue weighted by atomic mass is 9.82. The first-order valence-electron chi connectivity index (χ1n) is 11.7. The fourth-order valence-electron chi connectivity index (χ4n) is 5.11. The zero-order valence-corrected chi connectivity index (χ0v) is 18.8. The van der Waals surface area contributed by atoms with Crippen molar-refractivity contribution in [3.05, 3.63) is 59.3 Å². The molecule has 3 aliphatic rings. The molecule has 0 aliphatic carbocycles. The van der Waals surface area contributed by atoms with Crippen LogP contribution in [0.4, 0.5) is 4.39 Å². The molecule has 3 atom stereocenters. The number of carbonyl (C=O) groups excluding carboxylic acids is 3. The van der Waals surface area contributed by atoms with E-state index in [9.17, 15) is 18.8 Å². The van der Waals surface area contributed by atoms with Gasteiger partial charge < -0.3 is 19.5 Å². The van der Waals surface area contributed by atoms with Crippen LogP contribution in [-0.4, -0.2) is 72.3 Å². The Labute approximate surface area is 196 Å². The van der Waals surface area contributed by atoms with Crippen molar-refractivity contribution in [3.8, 4) is 0 Å². The fourth-order valence-corrected chi connectivity index (χ4v) is 5.11. The van der Waals surface area contributed by atoms with E-state index in [2.05, 4.69) is 16.2 Å². The summed E-state index contributed by atoms with van der Waals surface area (Å²) in [6, 6.07) is 7.81. The summed E-state index contributed by atoms with van der Waals surface area (Å²) < 4.78 is 19.8. The van der Waals surface area contributed by atoms with E-state index in [1.165, 1.54) is 12.3 Å². The molecule has 1 aromatic carbocycles. The number of fused-ring (bicyclic) bond motifs is 1. The predicted molar refractivity (Wildman–Crippen MR) is 120 cm³/mol. The van der Waals surface area contributed by atoms with Crippen LogP contribution in [0.5, 0.6) is 0 Å². The van der Waals surface area contributed by atoms with E-state index < -0.39 is 5.82 Å². The van der Waals surface area contributed by atoms with Gasteiger partial charge in [0, 0.05) is 38.3 Å². The second-order valence-corrected chi connectivity index (χ2v) is 9.05. The Morgan fingerprint density at radius 2 is 1.85 bits per heavy atom. The van der Waals surface area contributed by atoms with Crippen LogP contribution in [0.15, 0.2) is 41.0 Å². The van der Waals surface area contributed by atoms with Gasteiger partial charge in [-0.2, -0.15) is 0 Å². The Bertz CT molecular complexity index is 1070. The number of amides is 3. The van der Waals surface area contributed by atoms with Crippen LogP contribution in [0, 0.1) is 11.7 Å². The van der Waals surface area contributed by atoms with Gasteiger partial charge in [0.1, 0.15) is 5.82 Å². The molecule has 3 aliphatic heterocycles. The SMILES string of the molecule is O=C1NNC(Cc2ccc(F)c(C(=O)N3CCN(C(=O)c4ccco4)CC3)c2)C2NCCCC12. The number of hydrogen-bond acceptors (Lipinski definition) is 6. The summed E-state index contributed by atoms with van der Waals surface area (Å²) in [5, 5.41) is 3.43. The Morgan fingerprint density at radius 3 is 2.59 bits per heavy atom. The van der Waals surface area contributed by atoms with Gasteiger partial charge in [-0.3, -0.25) is 19.8 Å². The summed E-state index contributed by atoms with van der Waals surface area (Å²) in [4.78, 5) is 41.0. The van der Waals surface area contributed by atoms with E-state index in [1.807, 2.05) is 0 Å². The average molecular weight is 470 g/mol. The van der Waals surface area contributed by atoms with Crippen molar-refractivity contribution in [2.45, 2.75) is 31.3 Å². The summed E-state index contributed by atoms with van der Waals surface area (Å²) in [5.41, 5.74) is 6.67. The van der Waals surface area contributed by atoms with Gasteiger partial charge >= 0.3 is 0 Å². The number of carbonyl (C=O) groups is 3. The lowest BCUT2D eigenvalue weighted by Gasteiger charge is -2.41. The summed E-state index contributed by atoms with van der Waals surface area (Å²) >= 11 is 0. The molecule has 2 aromatic rings. The largest absolute Gasteiger partial charge is 0.459 e. The van der Waals surface area contributed by atoms with Crippen LogP contribution in [-0.2, 0) is 11.2 Å². The van der Waals surface area contributed by atoms with Crippen molar-refractivity contribution in [2.24, 2.45) is 5.92 Å². The van der Waals surface area contributed by atoms with E-state index in [0.29, 0.717) is 32.6 Å². The average Bonchev–Trinajstić information content (AvgIpc) is 3.41. The molecule has 5 rings (SSSR count). The standard InChI is InChI=1S/C24H28FN5O4/c25-18-6-5-15(14-19-21-16(3-1-7-26-21)22(31)28-27-19)13-17(18)23(32)29-8-10-30(11-9-29)24(33)20-4-2-12-34-20/h2,4-6,12-13,16,19,21,26-27H,1,3,7-11,14H2,(H,28,31). The number of hydrogen-bond donors (Lipinski definition) is 3. The van der Waals surface area contributed by atoms with Gasteiger partial charge in [-0.15, -0.1) is 0 Å². The van der Waals surface area contributed by atoms with Crippen LogP contribution < -0.4 is 16.2 Å². The molecule has 180 valence electrons. The van der Waals surface area contributed by atoms with E-state index in [4.69, 9.17) is 4.42 Å². The number of rotatable bonds is 4. The Morgan fingerprint density at radius 1 is 1.09 bits per heavy atom. The highest BCUT2D eigenvalue weighted by Gasteiger charge is 2.40. The van der Waals surface area contributed by atoms with Gasteiger partial charge in [0.05, 0.1) is 17.7 Å². The van der Waals surface area contributed by atoms with E-state index in [0.717, 1.165) is 24.9 Å². The van der Waals surface area contributed by atoms with Crippen molar-refractivity contribution in [1.82, 2.24) is 26.0 Å². The molecule has 0 radical (unpaired) electrons. The Hall–Kier alpha value is -3.24. The minimum Gasteiger partial charge on any atom is -0.459 e. The quantitative estimate of drug-likeness (QED) is 0.615. The van der Waals surface area contributed by atoms with Gasteiger partial charge in [0.25, 0.3) is 11.8 Å². The minimum atomic E-state index is -0.568. The zero-order valence-electron chi connectivity index (χ0n) is 18.8. The molecule has 3 amide bonds. The third-order valence-electron chi connectivity index (χ3n) is 6.96. The van der Waals surface area contributed by atoms with Crippen LogP contribution in [0.3, 0.4) is 0 Å². The monoisotopic (exact) mass is 469 g/mol. The number of nitrogens with one attached hydrogen (secondary N) is 3. The number of hydrazine groups is 1. The van der Waals surface area contributed by atoms with Gasteiger partial charge in [-0.05, 0) is 55.6 Å². The van der Waals surface area contributed by atoms with Crippen molar-refractivity contribution in [2.75, 3.05) is 32.7 Å². The normalized spacial score (nSPS) is 25.0. The molecule has 34 heavy (non-hydrogen) atoms. The zero-order chi connectivity index (χ0) is 23.7.